The molecular formula is C15H23N3S. The van der Waals surface area contributed by atoms with Gasteiger partial charge in [0.15, 0.2) is 5.17 Å². The maximum absolute atomic E-state index is 8.24. The van der Waals surface area contributed by atoms with Crippen molar-refractivity contribution in [2.45, 2.75) is 43.9 Å². The third kappa shape index (κ3) is 3.90. The van der Waals surface area contributed by atoms with E-state index in [0.29, 0.717) is 17.0 Å². The Hall–Kier alpha value is -1.16. The highest BCUT2D eigenvalue weighted by Gasteiger charge is 2.21. The van der Waals surface area contributed by atoms with E-state index in [9.17, 15) is 0 Å². The molecule has 1 aliphatic rings. The zero-order valence-corrected chi connectivity index (χ0v) is 12.4. The Morgan fingerprint density at radius 2 is 1.84 bits per heavy atom. The number of amidine groups is 1. The second-order valence-electron chi connectivity index (χ2n) is 5.23. The number of benzene rings is 1. The summed E-state index contributed by atoms with van der Waals surface area (Å²) in [5.41, 5.74) is 1.16. The molecule has 0 saturated heterocycles. The highest BCUT2D eigenvalue weighted by Crippen LogP contribution is 2.22. The van der Waals surface area contributed by atoms with E-state index in [-0.39, 0.29) is 0 Å². The Bertz CT molecular complexity index is 438. The van der Waals surface area contributed by atoms with E-state index in [0.717, 1.165) is 5.56 Å². The minimum absolute atomic E-state index is 0.484. The van der Waals surface area contributed by atoms with Crippen molar-refractivity contribution in [1.82, 2.24) is 4.90 Å². The molecule has 0 spiro atoms. The largest absolute Gasteiger partial charge is 0.351 e. The number of rotatable bonds is 3. The Labute approximate surface area is 118 Å². The standard InChI is InChI=1S/C15H23N3S/c1-18(14-10-6-3-7-11-14)15(16)19(17)12-13-8-4-2-5-9-13/h2,4-5,8-9,14,16-17H,3,6-7,10-12H2,1H3. The zero-order chi connectivity index (χ0) is 13.7. The summed E-state index contributed by atoms with van der Waals surface area (Å²) >= 11 is 0. The number of hydrogen-bond donors (Lipinski definition) is 2. The second kappa shape index (κ2) is 6.85. The van der Waals surface area contributed by atoms with Crippen LogP contribution in [-0.4, -0.2) is 23.2 Å². The van der Waals surface area contributed by atoms with Gasteiger partial charge in [-0.05, 0) is 29.1 Å². The molecule has 1 fully saturated rings. The molecule has 0 amide bonds. The van der Waals surface area contributed by atoms with Crippen molar-refractivity contribution in [3.63, 3.8) is 0 Å². The van der Waals surface area contributed by atoms with Crippen LogP contribution >= 0.6 is 0 Å². The van der Waals surface area contributed by atoms with Crippen molar-refractivity contribution in [3.8, 4) is 0 Å². The molecule has 1 unspecified atom stereocenters. The SMILES string of the molecule is CN(C(=N)S(=N)Cc1ccccc1)C1CCCCC1. The van der Waals surface area contributed by atoms with E-state index < -0.39 is 10.7 Å². The fourth-order valence-electron chi connectivity index (χ4n) is 2.62. The third-order valence-electron chi connectivity index (χ3n) is 3.83. The third-order valence-corrected chi connectivity index (χ3v) is 5.21. The predicted molar refractivity (Wildman–Crippen MR) is 82.6 cm³/mol. The maximum Gasteiger partial charge on any atom is 0.167 e. The van der Waals surface area contributed by atoms with Crippen LogP contribution in [0.25, 0.3) is 0 Å². The lowest BCUT2D eigenvalue weighted by Gasteiger charge is -2.33. The molecule has 1 aromatic rings. The van der Waals surface area contributed by atoms with Crippen molar-refractivity contribution >= 4 is 15.9 Å². The summed E-state index contributed by atoms with van der Waals surface area (Å²) in [7, 11) is 1.26. The Balaban J connectivity index is 1.93. The first-order valence-electron chi connectivity index (χ1n) is 6.96. The molecule has 2 N–H and O–H groups in total. The van der Waals surface area contributed by atoms with Gasteiger partial charge in [0, 0.05) is 18.8 Å². The minimum atomic E-state index is -0.738. The van der Waals surface area contributed by atoms with Gasteiger partial charge in [-0.15, -0.1) is 0 Å². The lowest BCUT2D eigenvalue weighted by Crippen LogP contribution is -2.39. The first-order chi connectivity index (χ1) is 9.18. The molecule has 0 aromatic heterocycles. The first-order valence-corrected chi connectivity index (χ1v) is 8.35. The van der Waals surface area contributed by atoms with E-state index in [2.05, 4.69) is 4.90 Å². The van der Waals surface area contributed by atoms with Gasteiger partial charge in [-0.25, -0.2) is 0 Å². The van der Waals surface area contributed by atoms with Gasteiger partial charge in [0.1, 0.15) is 0 Å². The Morgan fingerprint density at radius 1 is 1.21 bits per heavy atom. The van der Waals surface area contributed by atoms with Crippen LogP contribution in [0.3, 0.4) is 0 Å². The zero-order valence-electron chi connectivity index (χ0n) is 11.6. The van der Waals surface area contributed by atoms with Crippen LogP contribution in [0.4, 0.5) is 0 Å². The molecular weight excluding hydrogens is 254 g/mol. The van der Waals surface area contributed by atoms with Crippen LogP contribution in [0.15, 0.2) is 30.3 Å². The van der Waals surface area contributed by atoms with Crippen molar-refractivity contribution in [2.75, 3.05) is 7.05 Å². The summed E-state index contributed by atoms with van der Waals surface area (Å²) in [6.07, 6.45) is 6.23. The quantitative estimate of drug-likeness (QED) is 0.641. The molecule has 0 aliphatic heterocycles. The summed E-state index contributed by atoms with van der Waals surface area (Å²) < 4.78 is 8.23. The minimum Gasteiger partial charge on any atom is -0.351 e. The summed E-state index contributed by atoms with van der Waals surface area (Å²) in [6, 6.07) is 10.6. The Kier molecular flexibility index (Phi) is 5.14. The molecule has 104 valence electrons. The number of nitrogens with zero attached hydrogens (tertiary/aromatic N) is 1. The topological polar surface area (TPSA) is 50.9 Å². The van der Waals surface area contributed by atoms with Crippen LogP contribution in [0.1, 0.15) is 37.7 Å². The van der Waals surface area contributed by atoms with Gasteiger partial charge in [-0.1, -0.05) is 49.6 Å². The van der Waals surface area contributed by atoms with Gasteiger partial charge in [0.25, 0.3) is 0 Å². The normalized spacial score (nSPS) is 17.9. The van der Waals surface area contributed by atoms with Crippen LogP contribution in [0.2, 0.25) is 0 Å². The summed E-state index contributed by atoms with van der Waals surface area (Å²) in [6.45, 7) is 0. The van der Waals surface area contributed by atoms with Gasteiger partial charge in [-0.2, -0.15) is 0 Å². The number of hydrogen-bond acceptors (Lipinski definition) is 2. The highest BCUT2D eigenvalue weighted by molar-refractivity contribution is 8.00. The van der Waals surface area contributed by atoms with Crippen molar-refractivity contribution in [2.24, 2.45) is 0 Å². The first kappa shape index (κ1) is 14.3. The van der Waals surface area contributed by atoms with E-state index in [1.165, 1.54) is 32.1 Å². The molecule has 1 aliphatic carbocycles. The molecule has 2 rings (SSSR count). The van der Waals surface area contributed by atoms with Crippen LogP contribution in [0.5, 0.6) is 0 Å². The van der Waals surface area contributed by atoms with Gasteiger partial charge in [0.05, 0.1) is 0 Å². The fourth-order valence-corrected chi connectivity index (χ4v) is 3.78. The molecule has 3 nitrogen and oxygen atoms in total. The molecule has 1 aromatic carbocycles. The van der Waals surface area contributed by atoms with Crippen molar-refractivity contribution in [1.29, 1.82) is 10.2 Å². The molecule has 0 heterocycles. The van der Waals surface area contributed by atoms with E-state index in [1.54, 1.807) is 0 Å². The average Bonchev–Trinajstić information content (AvgIpc) is 2.47. The summed E-state index contributed by atoms with van der Waals surface area (Å²) in [4.78, 5) is 2.05. The Morgan fingerprint density at radius 3 is 2.47 bits per heavy atom. The smallest absolute Gasteiger partial charge is 0.167 e. The summed E-state index contributed by atoms with van der Waals surface area (Å²) in [5.74, 6) is 0.663. The molecule has 0 radical (unpaired) electrons. The fraction of sp³-hybridized carbons (Fsp3) is 0.533. The molecule has 1 atom stereocenters. The summed E-state index contributed by atoms with van der Waals surface area (Å²) in [5, 5.41) is 8.73. The van der Waals surface area contributed by atoms with Crippen LogP contribution < -0.4 is 0 Å². The van der Waals surface area contributed by atoms with Gasteiger partial charge < -0.3 is 4.90 Å². The lowest BCUT2D eigenvalue weighted by molar-refractivity contribution is 0.281. The lowest BCUT2D eigenvalue weighted by atomic mass is 9.95. The van der Waals surface area contributed by atoms with Gasteiger partial charge in [-0.3, -0.25) is 10.2 Å². The predicted octanol–water partition coefficient (Wildman–Crippen LogP) is 3.77. The van der Waals surface area contributed by atoms with Crippen molar-refractivity contribution in [3.05, 3.63) is 35.9 Å². The monoisotopic (exact) mass is 277 g/mol. The van der Waals surface area contributed by atoms with E-state index in [1.807, 2.05) is 37.4 Å². The van der Waals surface area contributed by atoms with Gasteiger partial charge in [0.2, 0.25) is 0 Å². The molecule has 0 bridgehead atoms. The maximum atomic E-state index is 8.24. The highest BCUT2D eigenvalue weighted by atomic mass is 32.2. The average molecular weight is 277 g/mol. The van der Waals surface area contributed by atoms with E-state index in [4.69, 9.17) is 10.2 Å². The van der Waals surface area contributed by atoms with Crippen molar-refractivity contribution < 1.29 is 0 Å². The van der Waals surface area contributed by atoms with Crippen LogP contribution in [0, 0.1) is 10.2 Å². The molecule has 4 heteroatoms. The van der Waals surface area contributed by atoms with Gasteiger partial charge >= 0.3 is 0 Å². The van der Waals surface area contributed by atoms with Crippen LogP contribution in [-0.2, 0) is 16.4 Å². The van der Waals surface area contributed by atoms with E-state index >= 15 is 0 Å². The molecule has 1 saturated carbocycles. The molecule has 19 heavy (non-hydrogen) atoms. The number of nitrogens with one attached hydrogen (secondary N) is 2. The second-order valence-corrected chi connectivity index (χ2v) is 6.69.